The van der Waals surface area contributed by atoms with Crippen LogP contribution in [0.1, 0.15) is 12.6 Å². The number of rotatable bonds is 6. The van der Waals surface area contributed by atoms with E-state index in [9.17, 15) is 9.59 Å². The highest BCUT2D eigenvalue weighted by molar-refractivity contribution is 7.13. The number of hydrogen-bond acceptors (Lipinski definition) is 4. The lowest BCUT2D eigenvalue weighted by Crippen LogP contribution is -2.34. The van der Waals surface area contributed by atoms with Gasteiger partial charge in [-0.2, -0.15) is 0 Å². The summed E-state index contributed by atoms with van der Waals surface area (Å²) >= 11 is 1.50. The molecule has 116 valence electrons. The molecule has 1 amide bonds. The molecule has 2 aromatic rings. The van der Waals surface area contributed by atoms with Gasteiger partial charge in [0.25, 0.3) is 0 Å². The first-order chi connectivity index (χ1) is 10.5. The van der Waals surface area contributed by atoms with E-state index in [1.165, 1.54) is 16.2 Å². The molecule has 0 fully saturated rings. The predicted molar refractivity (Wildman–Crippen MR) is 85.7 cm³/mol. The Morgan fingerprint density at radius 2 is 2.00 bits per heavy atom. The van der Waals surface area contributed by atoms with Gasteiger partial charge >= 0.3 is 5.97 Å². The Kier molecular flexibility index (Phi) is 5.27. The maximum absolute atomic E-state index is 12.1. The summed E-state index contributed by atoms with van der Waals surface area (Å²) in [6.45, 7) is 1.78. The van der Waals surface area contributed by atoms with Crippen molar-refractivity contribution in [3.8, 4) is 10.6 Å². The quantitative estimate of drug-likeness (QED) is 0.888. The first-order valence-corrected chi connectivity index (χ1v) is 7.82. The van der Waals surface area contributed by atoms with Gasteiger partial charge in [0.05, 0.1) is 18.0 Å². The van der Waals surface area contributed by atoms with Crippen molar-refractivity contribution < 1.29 is 14.7 Å². The number of carbonyl (C=O) groups is 2. The fraction of sp³-hybridized carbons (Fsp3) is 0.312. The van der Waals surface area contributed by atoms with Crippen LogP contribution in [0.4, 0.5) is 0 Å². The second-order valence-electron chi connectivity index (χ2n) is 5.20. The molecular formula is C16H18N2O3S. The third-order valence-corrected chi connectivity index (χ3v) is 4.24. The summed E-state index contributed by atoms with van der Waals surface area (Å²) < 4.78 is 0. The summed E-state index contributed by atoms with van der Waals surface area (Å²) in [6, 6.07) is 9.79. The van der Waals surface area contributed by atoms with Crippen LogP contribution in [-0.2, 0) is 16.0 Å². The molecule has 1 aromatic heterocycles. The summed E-state index contributed by atoms with van der Waals surface area (Å²) in [4.78, 5) is 28.9. The van der Waals surface area contributed by atoms with Crippen molar-refractivity contribution in [2.24, 2.45) is 5.92 Å². The Morgan fingerprint density at radius 1 is 1.32 bits per heavy atom. The van der Waals surface area contributed by atoms with Crippen LogP contribution in [0.15, 0.2) is 35.7 Å². The molecule has 5 nitrogen and oxygen atoms in total. The standard InChI is InChI=1S/C16H18N2O3S/c1-11(16(20)21)9-18(2)14(19)8-13-10-22-15(17-13)12-6-4-3-5-7-12/h3-7,10-11H,8-9H2,1-2H3,(H,20,21). The van der Waals surface area contributed by atoms with Crippen LogP contribution in [0.3, 0.4) is 0 Å². The Hall–Kier alpha value is -2.21. The number of carboxylic acid groups (broad SMARTS) is 1. The summed E-state index contributed by atoms with van der Waals surface area (Å²) in [6.07, 6.45) is 0.187. The van der Waals surface area contributed by atoms with Gasteiger partial charge in [-0.05, 0) is 0 Å². The number of nitrogens with zero attached hydrogens (tertiary/aromatic N) is 2. The molecule has 0 spiro atoms. The third-order valence-electron chi connectivity index (χ3n) is 3.30. The average Bonchev–Trinajstić information content (AvgIpc) is 2.96. The van der Waals surface area contributed by atoms with E-state index in [0.717, 1.165) is 10.6 Å². The summed E-state index contributed by atoms with van der Waals surface area (Å²) in [5, 5.41) is 11.6. The molecule has 1 heterocycles. The molecule has 2 rings (SSSR count). The van der Waals surface area contributed by atoms with Crippen molar-refractivity contribution in [3.05, 3.63) is 41.4 Å². The summed E-state index contributed by atoms with van der Waals surface area (Å²) in [5.41, 5.74) is 1.74. The third kappa shape index (κ3) is 4.14. The van der Waals surface area contributed by atoms with E-state index in [-0.39, 0.29) is 18.9 Å². The largest absolute Gasteiger partial charge is 0.481 e. The molecule has 0 saturated carbocycles. The van der Waals surface area contributed by atoms with Crippen LogP contribution in [0.25, 0.3) is 10.6 Å². The Morgan fingerprint density at radius 3 is 2.64 bits per heavy atom. The molecular weight excluding hydrogens is 300 g/mol. The monoisotopic (exact) mass is 318 g/mol. The maximum atomic E-state index is 12.1. The van der Waals surface area contributed by atoms with E-state index in [1.54, 1.807) is 14.0 Å². The minimum absolute atomic E-state index is 0.127. The Balaban J connectivity index is 1.98. The van der Waals surface area contributed by atoms with E-state index in [2.05, 4.69) is 4.98 Å². The van der Waals surface area contributed by atoms with Gasteiger partial charge in [0.1, 0.15) is 5.01 Å². The smallest absolute Gasteiger partial charge is 0.308 e. The van der Waals surface area contributed by atoms with Crippen LogP contribution >= 0.6 is 11.3 Å². The van der Waals surface area contributed by atoms with Gasteiger partial charge in [-0.25, -0.2) is 4.98 Å². The van der Waals surface area contributed by atoms with Crippen molar-refractivity contribution in [3.63, 3.8) is 0 Å². The van der Waals surface area contributed by atoms with E-state index in [1.807, 2.05) is 35.7 Å². The lowest BCUT2D eigenvalue weighted by atomic mass is 10.1. The molecule has 6 heteroatoms. The number of thiazole rings is 1. The summed E-state index contributed by atoms with van der Waals surface area (Å²) in [5.74, 6) is -1.61. The minimum atomic E-state index is -0.903. The van der Waals surface area contributed by atoms with Crippen LogP contribution in [0.2, 0.25) is 0 Å². The van der Waals surface area contributed by atoms with E-state index >= 15 is 0 Å². The van der Waals surface area contributed by atoms with Crippen molar-refractivity contribution >= 4 is 23.2 Å². The molecule has 0 bridgehead atoms. The molecule has 1 unspecified atom stereocenters. The van der Waals surface area contributed by atoms with Crippen molar-refractivity contribution in [1.82, 2.24) is 9.88 Å². The van der Waals surface area contributed by atoms with Crippen molar-refractivity contribution in [1.29, 1.82) is 0 Å². The number of benzene rings is 1. The molecule has 0 saturated heterocycles. The number of aromatic nitrogens is 1. The first kappa shape index (κ1) is 16.2. The molecule has 22 heavy (non-hydrogen) atoms. The van der Waals surface area contributed by atoms with Crippen LogP contribution < -0.4 is 0 Å². The number of carboxylic acids is 1. The van der Waals surface area contributed by atoms with Crippen LogP contribution in [0.5, 0.6) is 0 Å². The number of likely N-dealkylation sites (N-methyl/N-ethyl adjacent to an activating group) is 1. The summed E-state index contributed by atoms with van der Waals surface area (Å²) in [7, 11) is 1.62. The lowest BCUT2D eigenvalue weighted by Gasteiger charge is -2.18. The van der Waals surface area contributed by atoms with Gasteiger partial charge in [0.2, 0.25) is 5.91 Å². The zero-order chi connectivity index (χ0) is 16.1. The fourth-order valence-corrected chi connectivity index (χ4v) is 2.81. The van der Waals surface area contributed by atoms with Gasteiger partial charge in [-0.1, -0.05) is 37.3 Å². The minimum Gasteiger partial charge on any atom is -0.481 e. The van der Waals surface area contributed by atoms with Crippen LogP contribution in [0, 0.1) is 5.92 Å². The second-order valence-corrected chi connectivity index (χ2v) is 6.06. The Labute approximate surface area is 133 Å². The molecule has 1 aromatic carbocycles. The van der Waals surface area contributed by atoms with Gasteiger partial charge in [-0.3, -0.25) is 9.59 Å². The SMILES string of the molecule is CC(CN(C)C(=O)Cc1csc(-c2ccccc2)n1)C(=O)O. The molecule has 0 aliphatic carbocycles. The Bertz CT molecular complexity index is 654. The highest BCUT2D eigenvalue weighted by atomic mass is 32.1. The average molecular weight is 318 g/mol. The highest BCUT2D eigenvalue weighted by Crippen LogP contribution is 2.23. The van der Waals surface area contributed by atoms with E-state index in [4.69, 9.17) is 5.11 Å². The van der Waals surface area contributed by atoms with Crippen molar-refractivity contribution in [2.45, 2.75) is 13.3 Å². The topological polar surface area (TPSA) is 70.5 Å². The van der Waals surface area contributed by atoms with Gasteiger partial charge in [-0.15, -0.1) is 11.3 Å². The highest BCUT2D eigenvalue weighted by Gasteiger charge is 2.18. The number of amides is 1. The lowest BCUT2D eigenvalue weighted by molar-refractivity contribution is -0.142. The normalized spacial score (nSPS) is 11.9. The number of aliphatic carboxylic acids is 1. The molecule has 1 N–H and O–H groups in total. The fourth-order valence-electron chi connectivity index (χ4n) is 1.98. The van der Waals surface area contributed by atoms with Crippen LogP contribution in [-0.4, -0.2) is 40.5 Å². The van der Waals surface area contributed by atoms with E-state index in [0.29, 0.717) is 5.69 Å². The molecule has 0 radical (unpaired) electrons. The second kappa shape index (κ2) is 7.17. The molecule has 0 aliphatic rings. The first-order valence-electron chi connectivity index (χ1n) is 6.94. The van der Waals surface area contributed by atoms with Crippen molar-refractivity contribution in [2.75, 3.05) is 13.6 Å². The molecule has 0 aliphatic heterocycles. The van der Waals surface area contributed by atoms with Gasteiger partial charge in [0.15, 0.2) is 0 Å². The number of hydrogen-bond donors (Lipinski definition) is 1. The van der Waals surface area contributed by atoms with Gasteiger partial charge < -0.3 is 10.0 Å². The molecule has 1 atom stereocenters. The number of carbonyl (C=O) groups excluding carboxylic acids is 1. The zero-order valence-electron chi connectivity index (χ0n) is 12.5. The van der Waals surface area contributed by atoms with Gasteiger partial charge in [0, 0.05) is 24.5 Å². The zero-order valence-corrected chi connectivity index (χ0v) is 13.3. The predicted octanol–water partition coefficient (Wildman–Crippen LogP) is 2.53. The maximum Gasteiger partial charge on any atom is 0.308 e. The van der Waals surface area contributed by atoms with E-state index < -0.39 is 11.9 Å².